The van der Waals surface area contributed by atoms with E-state index in [-0.39, 0.29) is 31.0 Å². The molecular weight excluding hydrogens is 264 g/mol. The number of nitrogens with one attached hydrogen (secondary N) is 1. The first-order valence-corrected chi connectivity index (χ1v) is 6.68. The molecule has 0 saturated heterocycles. The summed E-state index contributed by atoms with van der Waals surface area (Å²) in [5.41, 5.74) is 0. The highest BCUT2D eigenvalue weighted by molar-refractivity contribution is 5.76. The normalized spacial score (nSPS) is 13.2. The summed E-state index contributed by atoms with van der Waals surface area (Å²) in [6.07, 6.45) is 0.720. The van der Waals surface area contributed by atoms with Gasteiger partial charge in [-0.25, -0.2) is 4.79 Å². The van der Waals surface area contributed by atoms with Crippen LogP contribution in [0.3, 0.4) is 0 Å². The molecule has 2 N–H and O–H groups in total. The summed E-state index contributed by atoms with van der Waals surface area (Å²) in [4.78, 5) is 35.0. The largest absolute Gasteiger partial charge is 0.481 e. The molecule has 0 radical (unpaired) electrons. The molecule has 2 atom stereocenters. The third-order valence-corrected chi connectivity index (χ3v) is 2.77. The number of hydrogen-bond donors (Lipinski definition) is 2. The molecule has 7 nitrogen and oxygen atoms in total. The third kappa shape index (κ3) is 7.60. The molecule has 0 heterocycles. The minimum absolute atomic E-state index is 0.131. The van der Waals surface area contributed by atoms with Gasteiger partial charge in [0.25, 0.3) is 0 Å². The van der Waals surface area contributed by atoms with Crippen molar-refractivity contribution >= 4 is 18.0 Å². The SMILES string of the molecule is CCOC(=O)CCC(C)NC(=O)N(C)CC(C)C(=O)O. The van der Waals surface area contributed by atoms with Crippen molar-refractivity contribution in [3.05, 3.63) is 0 Å². The van der Waals surface area contributed by atoms with E-state index >= 15 is 0 Å². The molecule has 0 aliphatic rings. The summed E-state index contributed by atoms with van der Waals surface area (Å²) in [6, 6.07) is -0.538. The fraction of sp³-hybridized carbons (Fsp3) is 0.769. The standard InChI is InChI=1S/C13H24N2O5/c1-5-20-11(16)7-6-10(3)14-13(19)15(4)8-9(2)12(17)18/h9-10H,5-8H2,1-4H3,(H,14,19)(H,17,18). The van der Waals surface area contributed by atoms with Gasteiger partial charge in [0.2, 0.25) is 0 Å². The molecule has 2 unspecified atom stereocenters. The molecule has 0 saturated carbocycles. The van der Waals surface area contributed by atoms with Gasteiger partial charge in [0.05, 0.1) is 12.5 Å². The predicted molar refractivity (Wildman–Crippen MR) is 73.3 cm³/mol. The first kappa shape index (κ1) is 18.2. The van der Waals surface area contributed by atoms with Crippen molar-refractivity contribution in [1.29, 1.82) is 0 Å². The second-order valence-corrected chi connectivity index (χ2v) is 4.81. The molecule has 0 aromatic carbocycles. The molecule has 7 heteroatoms. The number of carbonyl (C=O) groups is 3. The summed E-state index contributed by atoms with van der Waals surface area (Å²) in [7, 11) is 1.53. The maximum Gasteiger partial charge on any atom is 0.317 e. The van der Waals surface area contributed by atoms with E-state index in [9.17, 15) is 14.4 Å². The van der Waals surface area contributed by atoms with Gasteiger partial charge < -0.3 is 20.1 Å². The van der Waals surface area contributed by atoms with E-state index in [0.29, 0.717) is 13.0 Å². The number of rotatable bonds is 8. The second kappa shape index (κ2) is 9.17. The number of carboxylic acids is 1. The number of urea groups is 1. The molecular formula is C13H24N2O5. The van der Waals surface area contributed by atoms with Crippen LogP contribution in [0.25, 0.3) is 0 Å². The van der Waals surface area contributed by atoms with Crippen LogP contribution in [0, 0.1) is 5.92 Å². The van der Waals surface area contributed by atoms with Gasteiger partial charge in [0.15, 0.2) is 0 Å². The monoisotopic (exact) mass is 288 g/mol. The number of esters is 1. The zero-order valence-corrected chi connectivity index (χ0v) is 12.5. The average Bonchev–Trinajstić information content (AvgIpc) is 2.36. The van der Waals surface area contributed by atoms with E-state index in [4.69, 9.17) is 9.84 Å². The number of aliphatic carboxylic acids is 1. The average molecular weight is 288 g/mol. The lowest BCUT2D eigenvalue weighted by molar-refractivity contribution is -0.143. The van der Waals surface area contributed by atoms with E-state index in [0.717, 1.165) is 0 Å². The Morgan fingerprint density at radius 3 is 2.40 bits per heavy atom. The van der Waals surface area contributed by atoms with Gasteiger partial charge in [-0.1, -0.05) is 6.92 Å². The van der Waals surface area contributed by atoms with Gasteiger partial charge in [0, 0.05) is 26.1 Å². The van der Waals surface area contributed by atoms with Gasteiger partial charge in [-0.2, -0.15) is 0 Å². The first-order chi connectivity index (χ1) is 9.27. The van der Waals surface area contributed by atoms with Gasteiger partial charge in [-0.15, -0.1) is 0 Å². The van der Waals surface area contributed by atoms with Crippen molar-refractivity contribution in [2.45, 2.75) is 39.7 Å². The van der Waals surface area contributed by atoms with Crippen molar-refractivity contribution in [2.24, 2.45) is 5.92 Å². The van der Waals surface area contributed by atoms with Crippen LogP contribution >= 0.6 is 0 Å². The lowest BCUT2D eigenvalue weighted by Crippen LogP contribution is -2.44. The van der Waals surface area contributed by atoms with Crippen LogP contribution < -0.4 is 5.32 Å². The van der Waals surface area contributed by atoms with Crippen LogP contribution in [-0.2, 0) is 14.3 Å². The Morgan fingerprint density at radius 1 is 1.30 bits per heavy atom. The maximum atomic E-state index is 11.8. The lowest BCUT2D eigenvalue weighted by Gasteiger charge is -2.22. The number of nitrogens with zero attached hydrogens (tertiary/aromatic N) is 1. The fourth-order valence-corrected chi connectivity index (χ4v) is 1.53. The Labute approximate surface area is 119 Å². The smallest absolute Gasteiger partial charge is 0.317 e. The molecule has 0 bridgehead atoms. The Morgan fingerprint density at radius 2 is 1.90 bits per heavy atom. The molecule has 0 spiro atoms. The van der Waals surface area contributed by atoms with Gasteiger partial charge in [-0.3, -0.25) is 9.59 Å². The van der Waals surface area contributed by atoms with Crippen LogP contribution in [0.4, 0.5) is 4.79 Å². The first-order valence-electron chi connectivity index (χ1n) is 6.68. The Bertz CT molecular complexity index is 346. The van der Waals surface area contributed by atoms with E-state index in [1.165, 1.54) is 18.9 Å². The molecule has 0 aromatic rings. The van der Waals surface area contributed by atoms with E-state index in [2.05, 4.69) is 5.32 Å². The number of carbonyl (C=O) groups excluding carboxylic acids is 2. The van der Waals surface area contributed by atoms with Crippen molar-refractivity contribution in [1.82, 2.24) is 10.2 Å². The summed E-state index contributed by atoms with van der Waals surface area (Å²) >= 11 is 0. The highest BCUT2D eigenvalue weighted by atomic mass is 16.5. The zero-order chi connectivity index (χ0) is 15.7. The van der Waals surface area contributed by atoms with Crippen molar-refractivity contribution in [3.63, 3.8) is 0 Å². The summed E-state index contributed by atoms with van der Waals surface area (Å²) in [5, 5.41) is 11.5. The fourth-order valence-electron chi connectivity index (χ4n) is 1.53. The maximum absolute atomic E-state index is 11.8. The molecule has 116 valence electrons. The number of hydrogen-bond acceptors (Lipinski definition) is 4. The molecule has 0 rings (SSSR count). The van der Waals surface area contributed by atoms with Gasteiger partial charge >= 0.3 is 18.0 Å². The highest BCUT2D eigenvalue weighted by Crippen LogP contribution is 2.02. The Balaban J connectivity index is 4.05. The summed E-state index contributed by atoms with van der Waals surface area (Å²) in [6.45, 7) is 5.53. The molecule has 0 aliphatic carbocycles. The Hall–Kier alpha value is -1.79. The number of amides is 2. The third-order valence-electron chi connectivity index (χ3n) is 2.77. The molecule has 0 fully saturated rings. The van der Waals surface area contributed by atoms with Gasteiger partial charge in [0.1, 0.15) is 0 Å². The van der Waals surface area contributed by atoms with Crippen LogP contribution in [0.15, 0.2) is 0 Å². The lowest BCUT2D eigenvalue weighted by atomic mass is 10.1. The van der Waals surface area contributed by atoms with Crippen molar-refractivity contribution < 1.29 is 24.2 Å². The molecule has 20 heavy (non-hydrogen) atoms. The second-order valence-electron chi connectivity index (χ2n) is 4.81. The van der Waals surface area contributed by atoms with Crippen LogP contribution in [0.5, 0.6) is 0 Å². The topological polar surface area (TPSA) is 95.9 Å². The van der Waals surface area contributed by atoms with E-state index in [1.807, 2.05) is 0 Å². The predicted octanol–water partition coefficient (Wildman–Crippen LogP) is 1.08. The van der Waals surface area contributed by atoms with E-state index in [1.54, 1.807) is 13.8 Å². The minimum Gasteiger partial charge on any atom is -0.481 e. The zero-order valence-electron chi connectivity index (χ0n) is 12.5. The summed E-state index contributed by atoms with van der Waals surface area (Å²) < 4.78 is 4.80. The van der Waals surface area contributed by atoms with Crippen LogP contribution in [-0.4, -0.2) is 54.2 Å². The summed E-state index contributed by atoms with van der Waals surface area (Å²) in [5.74, 6) is -1.86. The molecule has 0 aliphatic heterocycles. The van der Waals surface area contributed by atoms with E-state index < -0.39 is 11.9 Å². The van der Waals surface area contributed by atoms with Crippen molar-refractivity contribution in [3.8, 4) is 0 Å². The number of carboxylic acid groups (broad SMARTS) is 1. The quantitative estimate of drug-likeness (QED) is 0.652. The van der Waals surface area contributed by atoms with Gasteiger partial charge in [-0.05, 0) is 20.3 Å². The van der Waals surface area contributed by atoms with Crippen LogP contribution in [0.2, 0.25) is 0 Å². The minimum atomic E-state index is -0.944. The highest BCUT2D eigenvalue weighted by Gasteiger charge is 2.18. The van der Waals surface area contributed by atoms with Crippen LogP contribution in [0.1, 0.15) is 33.6 Å². The van der Waals surface area contributed by atoms with Crippen molar-refractivity contribution in [2.75, 3.05) is 20.2 Å². The molecule has 2 amide bonds. The Kier molecular flexibility index (Phi) is 8.35. The number of ether oxygens (including phenoxy) is 1. The molecule has 0 aromatic heterocycles.